The lowest BCUT2D eigenvalue weighted by Crippen LogP contribution is -2.46. The third kappa shape index (κ3) is 2.65. The van der Waals surface area contributed by atoms with Crippen LogP contribution in [0.3, 0.4) is 0 Å². The number of carbonyl (C=O) groups is 1. The Bertz CT molecular complexity index is 466. The Morgan fingerprint density at radius 2 is 2.28 bits per heavy atom. The molecule has 1 fully saturated rings. The molecule has 1 aliphatic rings. The van der Waals surface area contributed by atoms with Crippen LogP contribution in [0.5, 0.6) is 0 Å². The predicted octanol–water partition coefficient (Wildman–Crippen LogP) is 2.32. The van der Waals surface area contributed by atoms with Crippen LogP contribution < -0.4 is 0 Å². The average molecular weight is 272 g/mol. The molecule has 2 rings (SSSR count). The van der Waals surface area contributed by atoms with E-state index in [1.807, 2.05) is 6.92 Å². The molecule has 0 spiro atoms. The summed E-state index contributed by atoms with van der Waals surface area (Å²) in [6.07, 6.45) is 0.166. The van der Waals surface area contributed by atoms with Crippen LogP contribution in [0, 0.1) is 11.7 Å². The van der Waals surface area contributed by atoms with Crippen molar-refractivity contribution < 1.29 is 14.3 Å². The smallest absolute Gasteiger partial charge is 0.256 e. The molecule has 1 heterocycles. The zero-order valence-corrected chi connectivity index (χ0v) is 10.8. The van der Waals surface area contributed by atoms with Crippen molar-refractivity contribution in [2.45, 2.75) is 19.4 Å². The van der Waals surface area contributed by atoms with E-state index in [-0.39, 0.29) is 18.0 Å². The molecule has 1 amide bonds. The van der Waals surface area contributed by atoms with Crippen molar-refractivity contribution in [3.05, 3.63) is 34.6 Å². The second-order valence-electron chi connectivity index (χ2n) is 4.71. The van der Waals surface area contributed by atoms with E-state index >= 15 is 0 Å². The van der Waals surface area contributed by atoms with Crippen molar-refractivity contribution in [3.8, 4) is 0 Å². The summed E-state index contributed by atoms with van der Waals surface area (Å²) in [5, 5.41) is 10.1. The summed E-state index contributed by atoms with van der Waals surface area (Å²) in [7, 11) is 0. The molecule has 5 heteroatoms. The van der Waals surface area contributed by atoms with Crippen LogP contribution in [0.2, 0.25) is 5.02 Å². The van der Waals surface area contributed by atoms with Gasteiger partial charge in [0.05, 0.1) is 11.7 Å². The average Bonchev–Trinajstić information content (AvgIpc) is 2.35. The first-order valence-corrected chi connectivity index (χ1v) is 6.29. The Labute approximate surface area is 110 Å². The molecule has 98 valence electrons. The van der Waals surface area contributed by atoms with Gasteiger partial charge in [-0.05, 0) is 30.5 Å². The first-order chi connectivity index (χ1) is 8.49. The van der Waals surface area contributed by atoms with Gasteiger partial charge in [0.2, 0.25) is 0 Å². The molecule has 0 aromatic heterocycles. The fourth-order valence-electron chi connectivity index (χ4n) is 2.07. The standard InChI is InChI=1S/C13H15ClFNO2/c1-8-4-5-16(7-12(8)17)13(18)10-6-9(14)2-3-11(10)15/h2-3,6,8,12,17H,4-5,7H2,1H3. The van der Waals surface area contributed by atoms with Crippen LogP contribution in [0.15, 0.2) is 18.2 Å². The lowest BCUT2D eigenvalue weighted by molar-refractivity contribution is 0.0246. The second-order valence-corrected chi connectivity index (χ2v) is 5.15. The van der Waals surface area contributed by atoms with Crippen LogP contribution in [0.4, 0.5) is 4.39 Å². The summed E-state index contributed by atoms with van der Waals surface area (Å²) in [4.78, 5) is 13.6. The molecule has 1 aromatic carbocycles. The molecule has 1 saturated heterocycles. The van der Waals surface area contributed by atoms with E-state index in [9.17, 15) is 14.3 Å². The first-order valence-electron chi connectivity index (χ1n) is 5.91. The van der Waals surface area contributed by atoms with Crippen molar-refractivity contribution in [2.24, 2.45) is 5.92 Å². The number of likely N-dealkylation sites (tertiary alicyclic amines) is 1. The molecule has 0 aliphatic carbocycles. The van der Waals surface area contributed by atoms with Gasteiger partial charge in [-0.3, -0.25) is 4.79 Å². The molecule has 0 bridgehead atoms. The van der Waals surface area contributed by atoms with Gasteiger partial charge in [-0.2, -0.15) is 0 Å². The Balaban J connectivity index is 2.19. The fraction of sp³-hybridized carbons (Fsp3) is 0.462. The Hall–Kier alpha value is -1.13. The maximum atomic E-state index is 13.6. The van der Waals surface area contributed by atoms with E-state index in [0.717, 1.165) is 6.42 Å². The highest BCUT2D eigenvalue weighted by atomic mass is 35.5. The summed E-state index contributed by atoms with van der Waals surface area (Å²) in [5.41, 5.74) is -0.0377. The predicted molar refractivity (Wildman–Crippen MR) is 67.1 cm³/mol. The van der Waals surface area contributed by atoms with E-state index in [1.54, 1.807) is 0 Å². The number of hydrogen-bond acceptors (Lipinski definition) is 2. The van der Waals surface area contributed by atoms with E-state index in [2.05, 4.69) is 0 Å². The van der Waals surface area contributed by atoms with Crippen LogP contribution in [0.25, 0.3) is 0 Å². The van der Waals surface area contributed by atoms with Gasteiger partial charge < -0.3 is 10.0 Å². The molecule has 1 aliphatic heterocycles. The highest BCUT2D eigenvalue weighted by Crippen LogP contribution is 2.21. The fourth-order valence-corrected chi connectivity index (χ4v) is 2.24. The van der Waals surface area contributed by atoms with Crippen LogP contribution in [-0.2, 0) is 0 Å². The SMILES string of the molecule is CC1CCN(C(=O)c2cc(Cl)ccc2F)CC1O. The van der Waals surface area contributed by atoms with E-state index < -0.39 is 17.8 Å². The van der Waals surface area contributed by atoms with E-state index in [4.69, 9.17) is 11.6 Å². The summed E-state index contributed by atoms with van der Waals surface area (Å²) >= 11 is 5.76. The zero-order chi connectivity index (χ0) is 13.3. The van der Waals surface area contributed by atoms with Gasteiger partial charge in [-0.1, -0.05) is 18.5 Å². The topological polar surface area (TPSA) is 40.5 Å². The normalized spacial score (nSPS) is 24.1. The van der Waals surface area contributed by atoms with Gasteiger partial charge in [-0.15, -0.1) is 0 Å². The third-order valence-electron chi connectivity index (χ3n) is 3.36. The third-order valence-corrected chi connectivity index (χ3v) is 3.60. The largest absolute Gasteiger partial charge is 0.391 e. The van der Waals surface area contributed by atoms with E-state index in [0.29, 0.717) is 11.6 Å². The number of benzene rings is 1. The number of β-amino-alcohol motifs (C(OH)–C–C–N with tert-alkyl or cyclic N) is 1. The van der Waals surface area contributed by atoms with Gasteiger partial charge in [0.15, 0.2) is 0 Å². The van der Waals surface area contributed by atoms with Gasteiger partial charge in [-0.25, -0.2) is 4.39 Å². The molecule has 2 atom stereocenters. The van der Waals surface area contributed by atoms with Crippen LogP contribution in [-0.4, -0.2) is 35.1 Å². The number of nitrogens with zero attached hydrogens (tertiary/aromatic N) is 1. The first kappa shape index (κ1) is 13.3. The Morgan fingerprint density at radius 3 is 2.94 bits per heavy atom. The van der Waals surface area contributed by atoms with E-state index in [1.165, 1.54) is 23.1 Å². The number of rotatable bonds is 1. The van der Waals surface area contributed by atoms with Crippen molar-refractivity contribution in [1.82, 2.24) is 4.90 Å². The molecular weight excluding hydrogens is 257 g/mol. The number of carbonyl (C=O) groups excluding carboxylic acids is 1. The quantitative estimate of drug-likeness (QED) is 0.852. The molecule has 18 heavy (non-hydrogen) atoms. The maximum Gasteiger partial charge on any atom is 0.256 e. The van der Waals surface area contributed by atoms with Gasteiger partial charge in [0, 0.05) is 18.1 Å². The summed E-state index contributed by atoms with van der Waals surface area (Å²) in [6, 6.07) is 3.91. The van der Waals surface area contributed by atoms with Crippen molar-refractivity contribution >= 4 is 17.5 Å². The number of aliphatic hydroxyl groups is 1. The second kappa shape index (κ2) is 5.24. The minimum Gasteiger partial charge on any atom is -0.391 e. The highest BCUT2D eigenvalue weighted by Gasteiger charge is 2.29. The minimum absolute atomic E-state index is 0.0377. The van der Waals surface area contributed by atoms with Gasteiger partial charge in [0.1, 0.15) is 5.82 Å². The highest BCUT2D eigenvalue weighted by molar-refractivity contribution is 6.31. The molecule has 0 saturated carbocycles. The number of amides is 1. The molecular formula is C13H15ClFNO2. The maximum absolute atomic E-state index is 13.6. The molecule has 1 aromatic rings. The number of hydrogen-bond donors (Lipinski definition) is 1. The Kier molecular flexibility index (Phi) is 3.88. The van der Waals surface area contributed by atoms with Crippen molar-refractivity contribution in [3.63, 3.8) is 0 Å². The lowest BCUT2D eigenvalue weighted by Gasteiger charge is -2.34. The van der Waals surface area contributed by atoms with Gasteiger partial charge in [0.25, 0.3) is 5.91 Å². The van der Waals surface area contributed by atoms with Crippen molar-refractivity contribution in [2.75, 3.05) is 13.1 Å². The van der Waals surface area contributed by atoms with Crippen molar-refractivity contribution in [1.29, 1.82) is 0 Å². The monoisotopic (exact) mass is 271 g/mol. The molecule has 0 radical (unpaired) electrons. The number of halogens is 2. The van der Waals surface area contributed by atoms with Crippen LogP contribution in [0.1, 0.15) is 23.7 Å². The summed E-state index contributed by atoms with van der Waals surface area (Å²) < 4.78 is 13.6. The van der Waals surface area contributed by atoms with Gasteiger partial charge >= 0.3 is 0 Å². The molecule has 2 unspecified atom stereocenters. The Morgan fingerprint density at radius 1 is 1.56 bits per heavy atom. The molecule has 1 N–H and O–H groups in total. The van der Waals surface area contributed by atoms with Crippen LogP contribution >= 0.6 is 11.6 Å². The minimum atomic E-state index is -0.586. The summed E-state index contributed by atoms with van der Waals surface area (Å²) in [6.45, 7) is 2.71. The number of aliphatic hydroxyl groups excluding tert-OH is 1. The zero-order valence-electron chi connectivity index (χ0n) is 10.1. The summed E-state index contributed by atoms with van der Waals surface area (Å²) in [5.74, 6) is -0.836. The molecule has 3 nitrogen and oxygen atoms in total. The number of piperidine rings is 1. The lowest BCUT2D eigenvalue weighted by atomic mass is 9.95.